The van der Waals surface area contributed by atoms with Crippen LogP contribution in [0, 0.1) is 5.92 Å². The topological polar surface area (TPSA) is 35.5 Å². The number of hydrogen-bond acceptors (Lipinski definition) is 3. The quantitative estimate of drug-likeness (QED) is 0.780. The van der Waals surface area contributed by atoms with E-state index in [-0.39, 0.29) is 5.78 Å². The van der Waals surface area contributed by atoms with Crippen molar-refractivity contribution in [3.05, 3.63) is 35.4 Å². The van der Waals surface area contributed by atoms with Crippen molar-refractivity contribution in [3.63, 3.8) is 0 Å². The average molecular weight is 260 g/mol. The molecule has 0 spiro atoms. The van der Waals surface area contributed by atoms with Crippen molar-refractivity contribution in [1.82, 2.24) is 0 Å². The summed E-state index contributed by atoms with van der Waals surface area (Å²) >= 11 is 0. The van der Waals surface area contributed by atoms with Gasteiger partial charge < -0.3 is 9.47 Å². The molecule has 19 heavy (non-hydrogen) atoms. The maximum atomic E-state index is 11.9. The molecular formula is C16H20O3. The van der Waals surface area contributed by atoms with E-state index >= 15 is 0 Å². The van der Waals surface area contributed by atoms with Gasteiger partial charge in [-0.3, -0.25) is 4.79 Å². The molecule has 1 aliphatic rings. The van der Waals surface area contributed by atoms with Crippen LogP contribution in [0.1, 0.15) is 24.8 Å². The van der Waals surface area contributed by atoms with Crippen LogP contribution in [0.4, 0.5) is 0 Å². The molecule has 0 aliphatic heterocycles. The molecule has 1 aromatic carbocycles. The molecule has 0 N–H and O–H groups in total. The van der Waals surface area contributed by atoms with E-state index < -0.39 is 0 Å². The summed E-state index contributed by atoms with van der Waals surface area (Å²) < 4.78 is 10.3. The highest BCUT2D eigenvalue weighted by Gasteiger charge is 2.23. The molecule has 3 nitrogen and oxygen atoms in total. The molecule has 1 saturated carbocycles. The van der Waals surface area contributed by atoms with Crippen molar-refractivity contribution < 1.29 is 14.3 Å². The lowest BCUT2D eigenvalue weighted by Crippen LogP contribution is -2.20. The van der Waals surface area contributed by atoms with Crippen molar-refractivity contribution >= 4 is 11.9 Å². The molecule has 0 aromatic heterocycles. The molecule has 0 heterocycles. The zero-order valence-corrected chi connectivity index (χ0v) is 11.5. The smallest absolute Gasteiger partial charge is 0.158 e. The zero-order valence-electron chi connectivity index (χ0n) is 11.5. The summed E-state index contributed by atoms with van der Waals surface area (Å²) in [5.74, 6) is 1.56. The van der Waals surface area contributed by atoms with Crippen LogP contribution in [0.3, 0.4) is 0 Å². The van der Waals surface area contributed by atoms with Crippen LogP contribution in [-0.4, -0.2) is 26.6 Å². The molecule has 1 atom stereocenters. The average Bonchev–Trinajstić information content (AvgIpc) is 2.44. The van der Waals surface area contributed by atoms with Crippen molar-refractivity contribution in [1.29, 1.82) is 0 Å². The molecule has 3 heteroatoms. The summed E-state index contributed by atoms with van der Waals surface area (Å²) in [5, 5.41) is 0. The van der Waals surface area contributed by atoms with Crippen LogP contribution in [-0.2, 0) is 9.53 Å². The first-order valence-electron chi connectivity index (χ1n) is 6.59. The summed E-state index contributed by atoms with van der Waals surface area (Å²) in [6.07, 6.45) is 4.38. The maximum absolute atomic E-state index is 11.9. The van der Waals surface area contributed by atoms with Crippen LogP contribution in [0.2, 0.25) is 0 Å². The van der Waals surface area contributed by atoms with E-state index in [1.54, 1.807) is 14.2 Å². The fourth-order valence-corrected chi connectivity index (χ4v) is 2.44. The first-order valence-corrected chi connectivity index (χ1v) is 6.59. The van der Waals surface area contributed by atoms with Gasteiger partial charge in [-0.2, -0.15) is 0 Å². The van der Waals surface area contributed by atoms with Crippen molar-refractivity contribution in [3.8, 4) is 5.75 Å². The summed E-state index contributed by atoms with van der Waals surface area (Å²) in [6, 6.07) is 7.76. The highest BCUT2D eigenvalue weighted by molar-refractivity contribution is 6.00. The fraction of sp³-hybridized carbons (Fsp3) is 0.438. The number of rotatable bonds is 4. The van der Waals surface area contributed by atoms with Gasteiger partial charge in [0, 0.05) is 20.1 Å². The maximum Gasteiger partial charge on any atom is 0.158 e. The normalized spacial score (nSPS) is 21.7. The molecule has 0 radical (unpaired) electrons. The van der Waals surface area contributed by atoms with Gasteiger partial charge in [-0.1, -0.05) is 12.1 Å². The number of allylic oxidation sites excluding steroid dienone is 1. The van der Waals surface area contributed by atoms with Gasteiger partial charge in [0.1, 0.15) is 5.75 Å². The second-order valence-corrected chi connectivity index (χ2v) is 4.93. The molecule has 1 unspecified atom stereocenters. The third kappa shape index (κ3) is 3.67. The zero-order chi connectivity index (χ0) is 13.7. The summed E-state index contributed by atoms with van der Waals surface area (Å²) in [6.45, 7) is 0.729. The van der Waals surface area contributed by atoms with Gasteiger partial charge in [0.2, 0.25) is 0 Å². The highest BCUT2D eigenvalue weighted by atomic mass is 16.5. The van der Waals surface area contributed by atoms with Gasteiger partial charge in [-0.05, 0) is 48.1 Å². The molecule has 1 fully saturated rings. The number of ketones is 1. The Morgan fingerprint density at radius 2 is 2.00 bits per heavy atom. The number of hydrogen-bond donors (Lipinski definition) is 0. The number of Topliss-reactive ketones (excluding diaryl/α,β-unsaturated/α-hetero) is 1. The number of ether oxygens (including phenoxy) is 2. The molecule has 102 valence electrons. The van der Waals surface area contributed by atoms with Crippen LogP contribution in [0.15, 0.2) is 29.8 Å². The van der Waals surface area contributed by atoms with E-state index in [0.717, 1.165) is 36.3 Å². The third-order valence-corrected chi connectivity index (χ3v) is 3.51. The number of methoxy groups -OCH3 is 2. The standard InChI is InChI=1S/C16H20O3/c1-18-11-13-5-8-16(17)14(10-13)9-12-3-6-15(19-2)7-4-12/h3-4,6-7,9,13H,5,8,10-11H2,1-2H3/b14-9-. The van der Waals surface area contributed by atoms with E-state index in [4.69, 9.17) is 9.47 Å². The van der Waals surface area contributed by atoms with Gasteiger partial charge in [0.05, 0.1) is 7.11 Å². The Morgan fingerprint density at radius 1 is 1.26 bits per heavy atom. The first-order chi connectivity index (χ1) is 9.22. The van der Waals surface area contributed by atoms with Crippen molar-refractivity contribution in [2.45, 2.75) is 19.3 Å². The van der Waals surface area contributed by atoms with Gasteiger partial charge in [0.25, 0.3) is 0 Å². The van der Waals surface area contributed by atoms with Gasteiger partial charge >= 0.3 is 0 Å². The molecule has 1 aromatic rings. The lowest BCUT2D eigenvalue weighted by Gasteiger charge is -2.22. The van der Waals surface area contributed by atoms with Gasteiger partial charge in [-0.25, -0.2) is 0 Å². The van der Waals surface area contributed by atoms with Crippen LogP contribution in [0.5, 0.6) is 5.75 Å². The van der Waals surface area contributed by atoms with Crippen molar-refractivity contribution in [2.75, 3.05) is 20.8 Å². The molecular weight excluding hydrogens is 240 g/mol. The Hall–Kier alpha value is -1.61. The summed E-state index contributed by atoms with van der Waals surface area (Å²) in [4.78, 5) is 11.9. The molecule has 2 rings (SSSR count). The minimum atomic E-state index is 0.267. The van der Waals surface area contributed by atoms with E-state index in [9.17, 15) is 4.79 Å². The number of carbonyl (C=O) groups excluding carboxylic acids is 1. The second kappa shape index (κ2) is 6.53. The molecule has 1 aliphatic carbocycles. The predicted molar refractivity (Wildman–Crippen MR) is 75.2 cm³/mol. The Balaban J connectivity index is 2.12. The lowest BCUT2D eigenvalue weighted by molar-refractivity contribution is -0.117. The predicted octanol–water partition coefficient (Wildman–Crippen LogP) is 3.09. The van der Waals surface area contributed by atoms with Crippen molar-refractivity contribution in [2.24, 2.45) is 5.92 Å². The van der Waals surface area contributed by atoms with E-state index in [1.165, 1.54) is 0 Å². The second-order valence-electron chi connectivity index (χ2n) is 4.93. The summed E-state index contributed by atoms with van der Waals surface area (Å²) in [7, 11) is 3.36. The van der Waals surface area contributed by atoms with Gasteiger partial charge in [0.15, 0.2) is 5.78 Å². The molecule has 0 amide bonds. The minimum Gasteiger partial charge on any atom is -0.497 e. The van der Waals surface area contributed by atoms with Crippen LogP contribution < -0.4 is 4.74 Å². The molecule has 0 bridgehead atoms. The minimum absolute atomic E-state index is 0.267. The fourth-order valence-electron chi connectivity index (χ4n) is 2.44. The SMILES string of the molecule is COCC1CCC(=O)/C(=C\c2ccc(OC)cc2)C1. The number of carbonyl (C=O) groups is 1. The largest absolute Gasteiger partial charge is 0.497 e. The first kappa shape index (κ1) is 13.8. The Kier molecular flexibility index (Phi) is 4.74. The monoisotopic (exact) mass is 260 g/mol. The Bertz CT molecular complexity index is 459. The lowest BCUT2D eigenvalue weighted by atomic mass is 9.84. The third-order valence-electron chi connectivity index (χ3n) is 3.51. The van der Waals surface area contributed by atoms with Crippen LogP contribution >= 0.6 is 0 Å². The van der Waals surface area contributed by atoms with E-state index in [0.29, 0.717) is 12.3 Å². The Labute approximate surface area is 114 Å². The molecule has 0 saturated heterocycles. The Morgan fingerprint density at radius 3 is 2.63 bits per heavy atom. The summed E-state index contributed by atoms with van der Waals surface area (Å²) in [5.41, 5.74) is 1.96. The van der Waals surface area contributed by atoms with E-state index in [1.807, 2.05) is 30.3 Å². The van der Waals surface area contributed by atoms with Gasteiger partial charge in [-0.15, -0.1) is 0 Å². The highest BCUT2D eigenvalue weighted by Crippen LogP contribution is 2.28. The van der Waals surface area contributed by atoms with E-state index in [2.05, 4.69) is 0 Å². The number of benzene rings is 1. The van der Waals surface area contributed by atoms with Crippen LogP contribution in [0.25, 0.3) is 6.08 Å².